The smallest absolute Gasteiger partial charge is 0.330 e. The number of carbonyl (C=O) groups is 1. The molecule has 186 valence electrons. The van der Waals surface area contributed by atoms with Gasteiger partial charge >= 0.3 is 5.97 Å². The molecule has 3 heteroatoms. The van der Waals surface area contributed by atoms with Gasteiger partial charge in [0.25, 0.3) is 0 Å². The number of aliphatic carboxylic acids is 1. The molecular weight excluding hydrogens is 408 g/mol. The Hall–Kier alpha value is -1.09. The van der Waals surface area contributed by atoms with Crippen molar-refractivity contribution in [2.75, 3.05) is 0 Å². The van der Waals surface area contributed by atoms with E-state index < -0.39 is 5.97 Å². The van der Waals surface area contributed by atoms with Gasteiger partial charge in [-0.3, -0.25) is 0 Å². The van der Waals surface area contributed by atoms with Gasteiger partial charge in [-0.1, -0.05) is 58.8 Å². The number of rotatable bonds is 5. The van der Waals surface area contributed by atoms with Crippen LogP contribution in [-0.2, 0) is 4.79 Å². The predicted octanol–water partition coefficient (Wildman–Crippen LogP) is 7.54. The van der Waals surface area contributed by atoms with E-state index in [0.717, 1.165) is 25.7 Å². The van der Waals surface area contributed by atoms with E-state index in [1.165, 1.54) is 38.5 Å². The van der Waals surface area contributed by atoms with Crippen LogP contribution in [0.5, 0.6) is 0 Å². The van der Waals surface area contributed by atoms with Crippen molar-refractivity contribution in [3.63, 3.8) is 0 Å². The second kappa shape index (κ2) is 8.25. The fourth-order valence-corrected chi connectivity index (χ4v) is 9.48. The van der Waals surface area contributed by atoms with Gasteiger partial charge in [0.2, 0.25) is 0 Å². The van der Waals surface area contributed by atoms with Crippen LogP contribution in [0.1, 0.15) is 113 Å². The molecule has 0 radical (unpaired) electrons. The van der Waals surface area contributed by atoms with E-state index in [1.54, 1.807) is 18.1 Å². The molecule has 0 heterocycles. The molecule has 2 saturated carbocycles. The van der Waals surface area contributed by atoms with Crippen molar-refractivity contribution in [3.05, 3.63) is 22.8 Å². The highest BCUT2D eigenvalue weighted by atomic mass is 16.4. The summed E-state index contributed by atoms with van der Waals surface area (Å²) < 4.78 is 0. The standard InChI is InChI=1S/C30H48O3/c1-19(9-8-10-20(2)26(32)33)21-13-17-30(7)23-11-12-24-27(3,4)25(31)15-16-28(24,5)22(23)14-18-29(21,30)6/h10,19,21,24-25,31H,8-9,11-18H2,1-7H3,(H,32,33)/b20-10-/t19-,21-,24-,25-,28-,29-,30+/m1/s1. The summed E-state index contributed by atoms with van der Waals surface area (Å²) in [5.74, 6) is 1.12. The third-order valence-electron chi connectivity index (χ3n) is 11.9. The van der Waals surface area contributed by atoms with Crippen molar-refractivity contribution < 1.29 is 15.0 Å². The average Bonchev–Trinajstić information content (AvgIpc) is 3.02. The summed E-state index contributed by atoms with van der Waals surface area (Å²) in [5, 5.41) is 20.0. The zero-order valence-electron chi connectivity index (χ0n) is 22.3. The highest BCUT2D eigenvalue weighted by Gasteiger charge is 2.63. The van der Waals surface area contributed by atoms with Gasteiger partial charge in [0.05, 0.1) is 6.10 Å². The summed E-state index contributed by atoms with van der Waals surface area (Å²) in [7, 11) is 0. The topological polar surface area (TPSA) is 57.5 Å². The number of carboxylic acid groups (broad SMARTS) is 1. The van der Waals surface area contributed by atoms with Crippen LogP contribution in [-0.4, -0.2) is 22.3 Å². The summed E-state index contributed by atoms with van der Waals surface area (Å²) >= 11 is 0. The molecule has 2 N–H and O–H groups in total. The Bertz CT molecular complexity index is 866. The molecule has 0 spiro atoms. The lowest BCUT2D eigenvalue weighted by molar-refractivity contribution is -0.132. The molecule has 4 rings (SSSR count). The third-order valence-corrected chi connectivity index (χ3v) is 11.9. The Morgan fingerprint density at radius 2 is 1.73 bits per heavy atom. The largest absolute Gasteiger partial charge is 0.478 e. The van der Waals surface area contributed by atoms with Crippen molar-refractivity contribution in [2.24, 2.45) is 39.4 Å². The van der Waals surface area contributed by atoms with Crippen molar-refractivity contribution in [1.29, 1.82) is 0 Å². The van der Waals surface area contributed by atoms with Gasteiger partial charge in [0, 0.05) is 5.57 Å². The highest BCUT2D eigenvalue weighted by molar-refractivity contribution is 5.85. The van der Waals surface area contributed by atoms with E-state index in [-0.39, 0.29) is 16.9 Å². The van der Waals surface area contributed by atoms with E-state index in [9.17, 15) is 9.90 Å². The van der Waals surface area contributed by atoms with Crippen LogP contribution in [0.3, 0.4) is 0 Å². The number of aliphatic hydroxyl groups is 1. The molecule has 7 atom stereocenters. The lowest BCUT2D eigenvalue weighted by atomic mass is 9.43. The summed E-state index contributed by atoms with van der Waals surface area (Å²) in [4.78, 5) is 11.1. The first kappa shape index (κ1) is 25.0. The van der Waals surface area contributed by atoms with Gasteiger partial charge in [-0.15, -0.1) is 0 Å². The molecule has 3 nitrogen and oxygen atoms in total. The summed E-state index contributed by atoms with van der Waals surface area (Å²) in [5.41, 5.74) is 4.95. The van der Waals surface area contributed by atoms with E-state index in [1.807, 2.05) is 6.08 Å². The van der Waals surface area contributed by atoms with Crippen LogP contribution >= 0.6 is 0 Å². The molecule has 2 fully saturated rings. The maximum atomic E-state index is 11.1. The Kier molecular flexibility index (Phi) is 6.25. The molecule has 0 aromatic heterocycles. The molecule has 0 amide bonds. The van der Waals surface area contributed by atoms with Crippen LogP contribution in [0, 0.1) is 39.4 Å². The fraction of sp³-hybridized carbons (Fsp3) is 0.833. The van der Waals surface area contributed by atoms with Gasteiger partial charge in [-0.05, 0) is 111 Å². The zero-order chi connectivity index (χ0) is 24.4. The minimum absolute atomic E-state index is 0.00150. The highest BCUT2D eigenvalue weighted by Crippen LogP contribution is 2.72. The molecule has 0 unspecified atom stereocenters. The minimum atomic E-state index is -0.794. The van der Waals surface area contributed by atoms with Crippen molar-refractivity contribution in [1.82, 2.24) is 0 Å². The first-order chi connectivity index (χ1) is 15.3. The Labute approximate surface area is 202 Å². The summed E-state index contributed by atoms with van der Waals surface area (Å²) in [6.07, 6.45) is 13.3. The van der Waals surface area contributed by atoms with Crippen LogP contribution in [0.2, 0.25) is 0 Å². The molecule has 0 aromatic carbocycles. The van der Waals surface area contributed by atoms with Gasteiger partial charge in [0.1, 0.15) is 0 Å². The van der Waals surface area contributed by atoms with E-state index in [0.29, 0.717) is 34.2 Å². The molecule has 0 aliphatic heterocycles. The summed E-state index contributed by atoms with van der Waals surface area (Å²) in [6, 6.07) is 0. The quantitative estimate of drug-likeness (QED) is 0.332. The lowest BCUT2D eigenvalue weighted by Gasteiger charge is -2.62. The van der Waals surface area contributed by atoms with E-state index in [4.69, 9.17) is 5.11 Å². The van der Waals surface area contributed by atoms with E-state index in [2.05, 4.69) is 41.5 Å². The molecule has 4 aliphatic carbocycles. The van der Waals surface area contributed by atoms with Gasteiger partial charge < -0.3 is 10.2 Å². The minimum Gasteiger partial charge on any atom is -0.478 e. The molecule has 0 aromatic rings. The Morgan fingerprint density at radius 3 is 2.39 bits per heavy atom. The normalized spacial score (nSPS) is 43.5. The first-order valence-corrected chi connectivity index (χ1v) is 13.6. The number of carboxylic acids is 1. The molecule has 0 bridgehead atoms. The van der Waals surface area contributed by atoms with Crippen molar-refractivity contribution in [2.45, 2.75) is 119 Å². The predicted molar refractivity (Wildman–Crippen MR) is 135 cm³/mol. The molecular formula is C30H48O3. The van der Waals surface area contributed by atoms with Crippen LogP contribution in [0.4, 0.5) is 0 Å². The molecule has 0 saturated heterocycles. The second-order valence-corrected chi connectivity index (χ2v) is 13.5. The zero-order valence-corrected chi connectivity index (χ0v) is 22.3. The maximum absolute atomic E-state index is 11.1. The SMILES string of the molecule is C/C(=C/CC[C@@H](C)[C@H]1CC[C@@]2(C)C3=C(CC[C@]12C)[C@@]1(C)CC[C@@H](O)C(C)(C)[C@H]1CC3)C(=O)O. The van der Waals surface area contributed by atoms with Gasteiger partial charge in [0.15, 0.2) is 0 Å². The van der Waals surface area contributed by atoms with Crippen LogP contribution in [0.15, 0.2) is 22.8 Å². The monoisotopic (exact) mass is 456 g/mol. The first-order valence-electron chi connectivity index (χ1n) is 13.6. The lowest BCUT2D eigenvalue weighted by Crippen LogP contribution is -2.55. The Balaban J connectivity index is 1.60. The Morgan fingerprint density at radius 1 is 1.03 bits per heavy atom. The molecule has 4 aliphatic rings. The van der Waals surface area contributed by atoms with Crippen molar-refractivity contribution in [3.8, 4) is 0 Å². The average molecular weight is 457 g/mol. The van der Waals surface area contributed by atoms with Crippen LogP contribution < -0.4 is 0 Å². The van der Waals surface area contributed by atoms with Crippen molar-refractivity contribution >= 4 is 5.97 Å². The van der Waals surface area contributed by atoms with E-state index >= 15 is 0 Å². The van der Waals surface area contributed by atoms with Gasteiger partial charge in [-0.25, -0.2) is 4.79 Å². The molecule has 33 heavy (non-hydrogen) atoms. The maximum Gasteiger partial charge on any atom is 0.330 e. The number of hydrogen-bond acceptors (Lipinski definition) is 2. The number of aliphatic hydroxyl groups excluding tert-OH is 1. The second-order valence-electron chi connectivity index (χ2n) is 13.5. The number of allylic oxidation sites excluding steroid dienone is 3. The van der Waals surface area contributed by atoms with Gasteiger partial charge in [-0.2, -0.15) is 0 Å². The number of hydrogen-bond donors (Lipinski definition) is 2. The van der Waals surface area contributed by atoms with Crippen LogP contribution in [0.25, 0.3) is 0 Å². The fourth-order valence-electron chi connectivity index (χ4n) is 9.48. The number of fused-ring (bicyclic) bond motifs is 4. The third kappa shape index (κ3) is 3.58. The summed E-state index contributed by atoms with van der Waals surface area (Å²) in [6.45, 7) is 16.5.